The fourth-order valence-corrected chi connectivity index (χ4v) is 4.06. The molecule has 0 saturated heterocycles. The number of phenols is 1. The van der Waals surface area contributed by atoms with Crippen molar-refractivity contribution in [3.05, 3.63) is 77.9 Å². The second-order valence-corrected chi connectivity index (χ2v) is 8.20. The van der Waals surface area contributed by atoms with Crippen molar-refractivity contribution in [3.63, 3.8) is 0 Å². The maximum Gasteiger partial charge on any atom is 0.220 e. The molecule has 0 aliphatic rings. The van der Waals surface area contributed by atoms with Gasteiger partial charge in [-0.3, -0.25) is 4.79 Å². The largest absolute Gasteiger partial charge is 0.508 e. The van der Waals surface area contributed by atoms with E-state index in [1.165, 1.54) is 18.4 Å². The van der Waals surface area contributed by atoms with Crippen molar-refractivity contribution < 1.29 is 9.90 Å². The number of amides is 1. The van der Waals surface area contributed by atoms with Gasteiger partial charge in [-0.15, -0.1) is 0 Å². The van der Waals surface area contributed by atoms with Crippen molar-refractivity contribution >= 4 is 16.7 Å². The van der Waals surface area contributed by atoms with Crippen LogP contribution in [0, 0.1) is 0 Å². The molecular formula is C27H34N2O2. The number of nitrogens with zero attached hydrogens (tertiary/aromatic N) is 1. The number of unbranched alkanes of at least 4 members (excludes halogenated alkanes) is 3. The van der Waals surface area contributed by atoms with Crippen LogP contribution in [0.15, 0.2) is 66.7 Å². The molecule has 4 heteroatoms. The number of hydrogen-bond acceptors (Lipinski definition) is 3. The highest BCUT2D eigenvalue weighted by Crippen LogP contribution is 2.27. The number of nitrogens with one attached hydrogen (secondary N) is 1. The van der Waals surface area contributed by atoms with Crippen molar-refractivity contribution in [2.24, 2.45) is 0 Å². The monoisotopic (exact) mass is 418 g/mol. The molecule has 0 aliphatic carbocycles. The van der Waals surface area contributed by atoms with Gasteiger partial charge in [-0.1, -0.05) is 74.7 Å². The van der Waals surface area contributed by atoms with Crippen LogP contribution >= 0.6 is 0 Å². The van der Waals surface area contributed by atoms with Crippen LogP contribution in [-0.2, 0) is 11.3 Å². The summed E-state index contributed by atoms with van der Waals surface area (Å²) in [5.74, 6) is 0.372. The summed E-state index contributed by atoms with van der Waals surface area (Å²) < 4.78 is 0. The molecule has 0 fully saturated rings. The van der Waals surface area contributed by atoms with Crippen LogP contribution in [0.5, 0.6) is 5.75 Å². The summed E-state index contributed by atoms with van der Waals surface area (Å²) in [6.45, 7) is 6.09. The van der Waals surface area contributed by atoms with Crippen LogP contribution < -0.4 is 5.32 Å². The van der Waals surface area contributed by atoms with Gasteiger partial charge in [0.05, 0.1) is 6.04 Å². The molecule has 1 unspecified atom stereocenters. The smallest absolute Gasteiger partial charge is 0.220 e. The lowest BCUT2D eigenvalue weighted by Crippen LogP contribution is -2.39. The quantitative estimate of drug-likeness (QED) is 0.387. The van der Waals surface area contributed by atoms with Crippen molar-refractivity contribution in [1.82, 2.24) is 10.2 Å². The molecule has 3 rings (SSSR count). The van der Waals surface area contributed by atoms with E-state index in [0.29, 0.717) is 6.54 Å². The van der Waals surface area contributed by atoms with Gasteiger partial charge in [0.1, 0.15) is 5.75 Å². The third-order valence-electron chi connectivity index (χ3n) is 5.78. The standard InChI is InChI=1S/C27H34N2O2/c1-3-4-5-9-16-29(21(2)30)27(20-28-19-22-10-7-6-8-11-22)25-13-12-24-18-26(31)15-14-23(24)17-25/h6-8,10-15,17-18,27-28,31H,3-5,9,16,19-20H2,1-2H3. The van der Waals surface area contributed by atoms with Gasteiger partial charge in [0.15, 0.2) is 0 Å². The highest BCUT2D eigenvalue weighted by Gasteiger charge is 2.22. The van der Waals surface area contributed by atoms with Gasteiger partial charge in [-0.2, -0.15) is 0 Å². The first-order valence-corrected chi connectivity index (χ1v) is 11.3. The third kappa shape index (κ3) is 6.56. The van der Waals surface area contributed by atoms with Gasteiger partial charge < -0.3 is 15.3 Å². The molecule has 4 nitrogen and oxygen atoms in total. The number of carbonyl (C=O) groups excluding carboxylic acids is 1. The summed E-state index contributed by atoms with van der Waals surface area (Å²) in [5.41, 5.74) is 2.34. The number of benzene rings is 3. The zero-order valence-electron chi connectivity index (χ0n) is 18.7. The average Bonchev–Trinajstić information content (AvgIpc) is 2.77. The van der Waals surface area contributed by atoms with Crippen LogP contribution in [0.4, 0.5) is 0 Å². The topological polar surface area (TPSA) is 52.6 Å². The fraction of sp³-hybridized carbons (Fsp3) is 0.370. The summed E-state index contributed by atoms with van der Waals surface area (Å²) >= 11 is 0. The zero-order chi connectivity index (χ0) is 22.1. The Labute approximate surface area is 185 Å². The lowest BCUT2D eigenvalue weighted by Gasteiger charge is -2.32. The molecule has 0 heterocycles. The lowest BCUT2D eigenvalue weighted by molar-refractivity contribution is -0.131. The molecule has 0 spiro atoms. The molecule has 0 aromatic heterocycles. The molecule has 164 valence electrons. The molecular weight excluding hydrogens is 384 g/mol. The van der Waals surface area contributed by atoms with Crippen molar-refractivity contribution in [3.8, 4) is 5.75 Å². The van der Waals surface area contributed by atoms with E-state index in [1.54, 1.807) is 19.1 Å². The Bertz CT molecular complexity index is 971. The molecule has 2 N–H and O–H groups in total. The minimum atomic E-state index is -0.0407. The molecule has 0 radical (unpaired) electrons. The van der Waals surface area contributed by atoms with E-state index in [0.717, 1.165) is 42.3 Å². The minimum absolute atomic E-state index is 0.0407. The predicted molar refractivity (Wildman–Crippen MR) is 128 cm³/mol. The first-order valence-electron chi connectivity index (χ1n) is 11.3. The first kappa shape index (κ1) is 22.8. The van der Waals surface area contributed by atoms with Crippen LogP contribution in [0.2, 0.25) is 0 Å². The van der Waals surface area contributed by atoms with Gasteiger partial charge in [0, 0.05) is 26.6 Å². The van der Waals surface area contributed by atoms with Gasteiger partial charge in [-0.25, -0.2) is 0 Å². The predicted octanol–water partition coefficient (Wildman–Crippen LogP) is 5.81. The van der Waals surface area contributed by atoms with Crippen LogP contribution in [0.1, 0.15) is 56.7 Å². The van der Waals surface area contributed by atoms with Gasteiger partial charge in [0.2, 0.25) is 5.91 Å². The molecule has 31 heavy (non-hydrogen) atoms. The van der Waals surface area contributed by atoms with E-state index in [4.69, 9.17) is 0 Å². The highest BCUT2D eigenvalue weighted by atomic mass is 16.3. The summed E-state index contributed by atoms with van der Waals surface area (Å²) in [6.07, 6.45) is 4.54. The Morgan fingerprint density at radius 3 is 2.45 bits per heavy atom. The summed E-state index contributed by atoms with van der Waals surface area (Å²) in [7, 11) is 0. The Kier molecular flexibility index (Phi) is 8.48. The number of rotatable bonds is 11. The highest BCUT2D eigenvalue weighted by molar-refractivity contribution is 5.84. The number of fused-ring (bicyclic) bond motifs is 1. The van der Waals surface area contributed by atoms with E-state index in [1.807, 2.05) is 35.2 Å². The summed E-state index contributed by atoms with van der Waals surface area (Å²) in [4.78, 5) is 14.6. The molecule has 3 aromatic carbocycles. The average molecular weight is 419 g/mol. The molecule has 0 saturated carbocycles. The third-order valence-corrected chi connectivity index (χ3v) is 5.78. The number of phenolic OH excluding ortho intramolecular Hbond substituents is 1. The normalized spacial score (nSPS) is 12.1. The number of carbonyl (C=O) groups is 1. The number of hydrogen-bond donors (Lipinski definition) is 2. The van der Waals surface area contributed by atoms with Crippen LogP contribution in [-0.4, -0.2) is 29.0 Å². The second kappa shape index (κ2) is 11.5. The minimum Gasteiger partial charge on any atom is -0.508 e. The van der Waals surface area contributed by atoms with Crippen LogP contribution in [0.25, 0.3) is 10.8 Å². The van der Waals surface area contributed by atoms with E-state index in [2.05, 4.69) is 36.5 Å². The Balaban J connectivity index is 1.82. The molecule has 0 bridgehead atoms. The Morgan fingerprint density at radius 2 is 1.71 bits per heavy atom. The van der Waals surface area contributed by atoms with Gasteiger partial charge in [-0.05, 0) is 46.5 Å². The Morgan fingerprint density at radius 1 is 0.968 bits per heavy atom. The molecule has 1 amide bonds. The van der Waals surface area contributed by atoms with Gasteiger partial charge in [0.25, 0.3) is 0 Å². The first-order chi connectivity index (χ1) is 15.1. The molecule has 3 aromatic rings. The second-order valence-electron chi connectivity index (χ2n) is 8.20. The van der Waals surface area contributed by atoms with E-state index >= 15 is 0 Å². The van der Waals surface area contributed by atoms with E-state index < -0.39 is 0 Å². The van der Waals surface area contributed by atoms with Crippen molar-refractivity contribution in [2.45, 2.75) is 52.1 Å². The Hall–Kier alpha value is -2.85. The summed E-state index contributed by atoms with van der Waals surface area (Å²) in [5, 5.41) is 15.4. The lowest BCUT2D eigenvalue weighted by atomic mass is 9.99. The van der Waals surface area contributed by atoms with E-state index in [-0.39, 0.29) is 17.7 Å². The molecule has 0 aliphatic heterocycles. The fourth-order valence-electron chi connectivity index (χ4n) is 4.06. The maximum absolute atomic E-state index is 12.6. The van der Waals surface area contributed by atoms with E-state index in [9.17, 15) is 9.90 Å². The number of aromatic hydroxyl groups is 1. The summed E-state index contributed by atoms with van der Waals surface area (Å²) in [6, 6.07) is 22.0. The zero-order valence-corrected chi connectivity index (χ0v) is 18.7. The molecule has 1 atom stereocenters. The van der Waals surface area contributed by atoms with Crippen molar-refractivity contribution in [1.29, 1.82) is 0 Å². The SMILES string of the molecule is CCCCCCN(C(C)=O)C(CNCc1ccccc1)c1ccc2cc(O)ccc2c1. The maximum atomic E-state index is 12.6. The van der Waals surface area contributed by atoms with Crippen molar-refractivity contribution in [2.75, 3.05) is 13.1 Å². The van der Waals surface area contributed by atoms with Gasteiger partial charge >= 0.3 is 0 Å². The van der Waals surface area contributed by atoms with Crippen LogP contribution in [0.3, 0.4) is 0 Å².